The summed E-state index contributed by atoms with van der Waals surface area (Å²) in [6, 6.07) is 31.6. The molecule has 2 aromatic carbocycles. The number of hydrogen-bond donors (Lipinski definition) is 5. The van der Waals surface area contributed by atoms with E-state index in [9.17, 15) is 0 Å². The van der Waals surface area contributed by atoms with E-state index in [2.05, 4.69) is 59.6 Å². The normalized spacial score (nSPS) is 14.5. The summed E-state index contributed by atoms with van der Waals surface area (Å²) in [5.74, 6) is 0.898. The second-order valence-electron chi connectivity index (χ2n) is 14.6. The molecule has 0 aliphatic carbocycles. The van der Waals surface area contributed by atoms with Gasteiger partial charge in [0, 0.05) is 70.1 Å². The first-order chi connectivity index (χ1) is 28.5. The number of pyridine rings is 4. The van der Waals surface area contributed by atoms with E-state index in [-0.39, 0.29) is 30.7 Å². The van der Waals surface area contributed by atoms with E-state index in [1.165, 1.54) is 0 Å². The number of anilines is 3. The van der Waals surface area contributed by atoms with Gasteiger partial charge in [-0.05, 0) is 102 Å². The van der Waals surface area contributed by atoms with Crippen molar-refractivity contribution in [3.8, 4) is 22.5 Å². The van der Waals surface area contributed by atoms with Crippen molar-refractivity contribution in [1.29, 1.82) is 0 Å². The molecule has 60 heavy (non-hydrogen) atoms. The van der Waals surface area contributed by atoms with E-state index in [0.29, 0.717) is 16.7 Å². The molecule has 8 aromatic rings. The molecule has 3 atom stereocenters. The summed E-state index contributed by atoms with van der Waals surface area (Å²) in [4.78, 5) is 17.7. The topological polar surface area (TPSA) is 197 Å². The monoisotopic (exact) mass is 844 g/mol. The van der Waals surface area contributed by atoms with Gasteiger partial charge in [-0.2, -0.15) is 10.2 Å². The predicted octanol–water partition coefficient (Wildman–Crippen LogP) is 9.95. The summed E-state index contributed by atoms with van der Waals surface area (Å²) in [6.07, 6.45) is 6.80. The number of benzene rings is 2. The van der Waals surface area contributed by atoms with Crippen LogP contribution in [0.4, 0.5) is 17.3 Å². The lowest BCUT2D eigenvalue weighted by Crippen LogP contribution is -2.19. The van der Waals surface area contributed by atoms with Crippen LogP contribution in [0.3, 0.4) is 0 Å². The van der Waals surface area contributed by atoms with Crippen molar-refractivity contribution in [2.45, 2.75) is 65.3 Å². The summed E-state index contributed by atoms with van der Waals surface area (Å²) in [7, 11) is 0. The third-order valence-electron chi connectivity index (χ3n) is 9.92. The van der Waals surface area contributed by atoms with Crippen LogP contribution in [0.15, 0.2) is 109 Å². The van der Waals surface area contributed by atoms with E-state index in [0.717, 1.165) is 98.7 Å². The fourth-order valence-electron chi connectivity index (χ4n) is 6.94. The molecule has 1 aliphatic heterocycles. The Balaban J connectivity index is 0.000000163. The molecule has 1 aliphatic rings. The van der Waals surface area contributed by atoms with Crippen LogP contribution in [0.25, 0.3) is 44.3 Å². The van der Waals surface area contributed by atoms with Gasteiger partial charge in [0.05, 0.1) is 44.9 Å². The first-order valence-corrected chi connectivity index (χ1v) is 20.0. The van der Waals surface area contributed by atoms with Crippen molar-refractivity contribution in [2.75, 3.05) is 23.4 Å². The Morgan fingerprint density at radius 1 is 0.767 bits per heavy atom. The lowest BCUT2D eigenvalue weighted by molar-refractivity contribution is -0.0383. The number of rotatable bonds is 7. The van der Waals surface area contributed by atoms with E-state index < -0.39 is 0 Å². The molecule has 15 heteroatoms. The summed E-state index contributed by atoms with van der Waals surface area (Å²) in [6.45, 7) is 8.76. The average molecular weight is 846 g/mol. The van der Waals surface area contributed by atoms with Gasteiger partial charge in [-0.1, -0.05) is 48.0 Å². The van der Waals surface area contributed by atoms with Crippen LogP contribution >= 0.6 is 24.0 Å². The number of aromatic nitrogens is 8. The van der Waals surface area contributed by atoms with Crippen molar-refractivity contribution in [3.05, 3.63) is 137 Å². The van der Waals surface area contributed by atoms with Gasteiger partial charge in [-0.25, -0.2) is 14.6 Å². The number of fused-ring (bicyclic) bond motifs is 2. The van der Waals surface area contributed by atoms with Gasteiger partial charge < -0.3 is 27.3 Å². The highest BCUT2D eigenvalue weighted by Crippen LogP contribution is 2.33. The number of halogens is 2. The molecule has 0 saturated carbocycles. The van der Waals surface area contributed by atoms with Crippen LogP contribution in [-0.2, 0) is 4.74 Å². The molecule has 0 spiro atoms. The van der Waals surface area contributed by atoms with Crippen molar-refractivity contribution in [3.63, 3.8) is 0 Å². The number of nitrogens with one attached hydrogen (secondary N) is 2. The standard InChI is InChI=1S/C20H20N6.C17H17ClN4O.C8H12N2.ClH/c1-12-4-3-5-16(23-12)13(2)24-19-11-20(21)25-18-10-14(6-7-15(18)19)17-8-9-22-26-17;18-13-10-16(19)21-14-9-11(4-5-12(13)14)15-6-7-20-22(15)17-3-1-2-8-23-17;1-6-4-3-5-8(10-6)7(2)9;/h3-11,13H,1-2H3,(H,22,26)(H3,21,24,25);4-7,9-10,17H,1-3,8H2,(H2,19,21);3-5,7H,9H2,1-2H3;1H. The Kier molecular flexibility index (Phi) is 14.3. The summed E-state index contributed by atoms with van der Waals surface area (Å²) in [5, 5.41) is 17.5. The van der Waals surface area contributed by atoms with E-state index >= 15 is 0 Å². The van der Waals surface area contributed by atoms with Gasteiger partial charge in [0.1, 0.15) is 11.6 Å². The molecule has 8 N–H and O–H groups in total. The minimum atomic E-state index is 0. The van der Waals surface area contributed by atoms with Crippen LogP contribution in [0.5, 0.6) is 0 Å². The zero-order chi connectivity index (χ0) is 41.5. The predicted molar refractivity (Wildman–Crippen MR) is 245 cm³/mol. The largest absolute Gasteiger partial charge is 0.384 e. The third kappa shape index (κ3) is 10.5. The minimum Gasteiger partial charge on any atom is -0.384 e. The Bertz CT molecular complexity index is 2660. The molecule has 9 rings (SSSR count). The molecule has 3 unspecified atom stereocenters. The van der Waals surface area contributed by atoms with Crippen LogP contribution in [0.2, 0.25) is 5.02 Å². The highest BCUT2D eigenvalue weighted by atomic mass is 35.5. The summed E-state index contributed by atoms with van der Waals surface area (Å²) in [5.41, 5.74) is 28.0. The van der Waals surface area contributed by atoms with Gasteiger partial charge in [-0.3, -0.25) is 15.1 Å². The number of nitrogens with two attached hydrogens (primary N) is 3. The van der Waals surface area contributed by atoms with Crippen LogP contribution in [0.1, 0.15) is 74.2 Å². The average Bonchev–Trinajstić information content (AvgIpc) is 3.95. The molecule has 0 radical (unpaired) electrons. The quantitative estimate of drug-likeness (QED) is 0.102. The molecule has 6 aromatic heterocycles. The second-order valence-corrected chi connectivity index (χ2v) is 15.0. The second kappa shape index (κ2) is 19.8. The smallest absolute Gasteiger partial charge is 0.150 e. The Hall–Kier alpha value is -6.12. The molecule has 0 amide bonds. The lowest BCUT2D eigenvalue weighted by atomic mass is 10.1. The number of hydrogen-bond acceptors (Lipinski definition) is 11. The highest BCUT2D eigenvalue weighted by Gasteiger charge is 2.20. The number of nitrogens with zero attached hydrogens (tertiary/aromatic N) is 7. The Morgan fingerprint density at radius 2 is 1.43 bits per heavy atom. The van der Waals surface area contributed by atoms with Gasteiger partial charge in [0.25, 0.3) is 0 Å². The maximum atomic E-state index is 6.24. The molecule has 13 nitrogen and oxygen atoms in total. The molecule has 7 heterocycles. The fraction of sp³-hybridized carbons (Fsp3) is 0.244. The maximum Gasteiger partial charge on any atom is 0.150 e. The Morgan fingerprint density at radius 3 is 2.10 bits per heavy atom. The van der Waals surface area contributed by atoms with Gasteiger partial charge in [0.2, 0.25) is 0 Å². The number of aryl methyl sites for hydroxylation is 2. The number of nitrogen functional groups attached to an aromatic ring is 2. The first-order valence-electron chi connectivity index (χ1n) is 19.6. The van der Waals surface area contributed by atoms with Crippen molar-refractivity contribution in [1.82, 2.24) is 39.9 Å². The molecular formula is C45H50Cl2N12O. The van der Waals surface area contributed by atoms with E-state index in [1.807, 2.05) is 104 Å². The van der Waals surface area contributed by atoms with E-state index in [1.54, 1.807) is 18.5 Å². The molecule has 1 saturated heterocycles. The summed E-state index contributed by atoms with van der Waals surface area (Å²) >= 11 is 6.24. The molecule has 0 bridgehead atoms. The van der Waals surface area contributed by atoms with Crippen molar-refractivity contribution >= 4 is 63.1 Å². The maximum absolute atomic E-state index is 6.24. The van der Waals surface area contributed by atoms with Gasteiger partial charge in [0.15, 0.2) is 6.23 Å². The Labute approximate surface area is 360 Å². The molecular weight excluding hydrogens is 795 g/mol. The third-order valence-corrected chi connectivity index (χ3v) is 10.2. The summed E-state index contributed by atoms with van der Waals surface area (Å²) < 4.78 is 7.81. The van der Waals surface area contributed by atoms with E-state index in [4.69, 9.17) is 33.5 Å². The fourth-order valence-corrected chi connectivity index (χ4v) is 7.21. The zero-order valence-corrected chi connectivity index (χ0v) is 35.6. The molecule has 310 valence electrons. The minimum absolute atomic E-state index is 0. The van der Waals surface area contributed by atoms with Crippen LogP contribution in [0, 0.1) is 13.8 Å². The SMILES string of the molecule is Cc1cccc(C(C)N)n1.Cc1cccc(C(C)Nc2cc(N)nc3cc(-c4ccn[nH]4)ccc23)n1.Cl.Nc1cc(Cl)c2ccc(-c3ccnn3C3CCCCO3)cc2n1. The number of aromatic amines is 1. The molecule has 1 fully saturated rings. The van der Waals surface area contributed by atoms with Crippen LogP contribution < -0.4 is 22.5 Å². The number of ether oxygens (including phenoxy) is 1. The highest BCUT2D eigenvalue weighted by molar-refractivity contribution is 6.35. The van der Waals surface area contributed by atoms with Gasteiger partial charge in [-0.15, -0.1) is 12.4 Å². The zero-order valence-electron chi connectivity index (χ0n) is 34.0. The van der Waals surface area contributed by atoms with Crippen molar-refractivity contribution in [2.24, 2.45) is 5.73 Å². The lowest BCUT2D eigenvalue weighted by Gasteiger charge is -2.24. The van der Waals surface area contributed by atoms with Crippen LogP contribution in [-0.4, -0.2) is 46.5 Å². The first kappa shape index (κ1) is 43.5. The van der Waals surface area contributed by atoms with Crippen molar-refractivity contribution < 1.29 is 4.74 Å². The van der Waals surface area contributed by atoms with Gasteiger partial charge >= 0.3 is 0 Å². The number of H-pyrrole nitrogens is 1.